The van der Waals surface area contributed by atoms with Crippen LogP contribution in [0, 0.1) is 0 Å². The number of nitrogen functional groups attached to an aromatic ring is 2. The molecule has 28 heteroatoms. The normalized spacial score (nSPS) is 31.9. The summed E-state index contributed by atoms with van der Waals surface area (Å²) in [5, 5.41) is 11.4. The van der Waals surface area contributed by atoms with E-state index in [-0.39, 0.29) is 53.3 Å². The molecule has 316 valence electrons. The Morgan fingerprint density at radius 3 is 2.00 bits per heavy atom. The van der Waals surface area contributed by atoms with Crippen molar-refractivity contribution < 1.29 is 60.9 Å². The molecule has 0 unspecified atom stereocenters. The third-order valence-corrected chi connectivity index (χ3v) is 12.3. The summed E-state index contributed by atoms with van der Waals surface area (Å²) in [6.07, 6.45) is -6.75. The fourth-order valence-electron chi connectivity index (χ4n) is 6.43. The number of amides is 1. The topological polar surface area (TPSA) is 305 Å². The van der Waals surface area contributed by atoms with Crippen LogP contribution in [0.2, 0.25) is 0 Å². The highest BCUT2D eigenvalue weighted by Crippen LogP contribution is 2.60. The third kappa shape index (κ3) is 9.06. The average Bonchev–Trinajstić information content (AvgIpc) is 3.91. The number of hydrogen-bond donors (Lipinski definition) is 5. The van der Waals surface area contributed by atoms with E-state index >= 15 is 0 Å². The maximum absolute atomic E-state index is 14.0. The molecule has 0 aromatic carbocycles. The van der Waals surface area contributed by atoms with Gasteiger partial charge in [-0.15, -0.1) is 0 Å². The predicted molar refractivity (Wildman–Crippen MR) is 206 cm³/mol. The molecule has 3 fully saturated rings. The Kier molecular flexibility index (Phi) is 12.0. The van der Waals surface area contributed by atoms with Crippen molar-refractivity contribution in [1.29, 1.82) is 0 Å². The van der Waals surface area contributed by atoms with E-state index in [9.17, 15) is 23.8 Å². The van der Waals surface area contributed by atoms with Gasteiger partial charge in [0.15, 0.2) is 41.5 Å². The molecule has 0 saturated carbocycles. The van der Waals surface area contributed by atoms with E-state index in [0.717, 1.165) is 0 Å². The number of ether oxygens (including phenoxy) is 4. The Hall–Kier alpha value is -3.68. The summed E-state index contributed by atoms with van der Waals surface area (Å²) in [7, 11) is 1.53. The van der Waals surface area contributed by atoms with Crippen molar-refractivity contribution in [2.75, 3.05) is 38.3 Å². The van der Waals surface area contributed by atoms with Crippen molar-refractivity contribution in [2.24, 2.45) is 0 Å². The number of aromatic nitrogens is 8. The number of hydrogen-bond acceptors (Lipinski definition) is 21. The van der Waals surface area contributed by atoms with E-state index in [1.54, 1.807) is 20.8 Å². The van der Waals surface area contributed by atoms with Gasteiger partial charge in [0.25, 0.3) is 0 Å². The molecule has 2 bridgehead atoms. The minimum Gasteiger partial charge on any atom is -0.455 e. The second-order valence-corrected chi connectivity index (χ2v) is 20.2. The van der Waals surface area contributed by atoms with Crippen molar-refractivity contribution in [3.05, 3.63) is 25.3 Å². The second-order valence-electron chi connectivity index (χ2n) is 14.4. The van der Waals surface area contributed by atoms with E-state index in [1.807, 2.05) is 0 Å². The van der Waals surface area contributed by atoms with Gasteiger partial charge in [-0.1, -0.05) is 24.5 Å². The van der Waals surface area contributed by atoms with Crippen LogP contribution in [0.4, 0.5) is 16.4 Å². The molecular formula is C30H41N11O13P2S2. The maximum atomic E-state index is 14.0. The van der Waals surface area contributed by atoms with E-state index in [4.69, 9.17) is 48.5 Å². The molecule has 3 saturated heterocycles. The number of nitrogens with two attached hydrogens (primary N) is 2. The van der Waals surface area contributed by atoms with Crippen LogP contribution in [0.25, 0.3) is 22.3 Å². The minimum atomic E-state index is -4.48. The van der Waals surface area contributed by atoms with Crippen LogP contribution in [0.15, 0.2) is 25.3 Å². The van der Waals surface area contributed by atoms with E-state index in [2.05, 4.69) is 54.4 Å². The summed E-state index contributed by atoms with van der Waals surface area (Å²) >= 11 is 8.40. The number of thiol groups is 2. The molecule has 3 aliphatic heterocycles. The number of fused-ring (bicyclic) bond motifs is 5. The lowest BCUT2D eigenvalue weighted by atomic mass is 10.1. The number of imidazole rings is 2. The van der Waals surface area contributed by atoms with Crippen LogP contribution < -0.4 is 11.5 Å². The van der Waals surface area contributed by atoms with Gasteiger partial charge in [0, 0.05) is 20.0 Å². The van der Waals surface area contributed by atoms with Crippen LogP contribution in [0.1, 0.15) is 46.1 Å². The fourth-order valence-corrected chi connectivity index (χ4v) is 9.38. The minimum absolute atomic E-state index is 0.0462. The van der Waals surface area contributed by atoms with Crippen LogP contribution >= 0.6 is 38.1 Å². The number of carbonyl (C=O) groups excluding carboxylic acids is 2. The lowest BCUT2D eigenvalue weighted by Crippen LogP contribution is -2.39. The summed E-state index contributed by atoms with van der Waals surface area (Å²) in [6.45, 7) is -4.83. The molecule has 7 heterocycles. The van der Waals surface area contributed by atoms with E-state index < -0.39 is 93.6 Å². The molecule has 7 rings (SSSR count). The van der Waals surface area contributed by atoms with Crippen LogP contribution in [0.5, 0.6) is 0 Å². The van der Waals surface area contributed by atoms with Crippen molar-refractivity contribution in [3.8, 4) is 0 Å². The van der Waals surface area contributed by atoms with Crippen molar-refractivity contribution in [1.82, 2.24) is 43.9 Å². The Bertz CT molecular complexity index is 2280. The highest BCUT2D eigenvalue weighted by molar-refractivity contribution is 8.44. The second kappa shape index (κ2) is 16.4. The van der Waals surface area contributed by atoms with Gasteiger partial charge in [0.2, 0.25) is 0 Å². The molecule has 1 amide bonds. The number of nitrogens with zero attached hydrogens (tertiary/aromatic N) is 9. The molecule has 10 atom stereocenters. The smallest absolute Gasteiger partial charge is 0.410 e. The highest BCUT2D eigenvalue weighted by Gasteiger charge is 2.55. The van der Waals surface area contributed by atoms with Gasteiger partial charge in [0.05, 0.1) is 25.9 Å². The quantitative estimate of drug-likeness (QED) is 0.101. The molecule has 5 N–H and O–H groups in total. The van der Waals surface area contributed by atoms with Gasteiger partial charge in [-0.25, -0.2) is 43.8 Å². The Labute approximate surface area is 339 Å². The summed E-state index contributed by atoms with van der Waals surface area (Å²) in [5.41, 5.74) is 12.1. The molecule has 3 aliphatic rings. The largest absolute Gasteiger partial charge is 0.455 e. The number of aliphatic hydroxyl groups excluding tert-OH is 1. The van der Waals surface area contributed by atoms with Crippen molar-refractivity contribution >= 4 is 84.1 Å². The molecule has 4 aromatic heterocycles. The average molecular weight is 890 g/mol. The predicted octanol–water partition coefficient (Wildman–Crippen LogP) is 2.44. The molecule has 58 heavy (non-hydrogen) atoms. The molecular weight excluding hydrogens is 848 g/mol. The summed E-state index contributed by atoms with van der Waals surface area (Å²) in [5.74, 6) is -0.651. The number of rotatable bonds is 7. The molecule has 24 nitrogen and oxygen atoms in total. The Morgan fingerprint density at radius 2 is 1.41 bits per heavy atom. The van der Waals surface area contributed by atoms with E-state index in [1.165, 1.54) is 46.4 Å². The number of aliphatic hydroxyl groups is 1. The number of anilines is 2. The first-order valence-corrected chi connectivity index (χ1v) is 23.0. The maximum Gasteiger partial charge on any atom is 0.410 e. The van der Waals surface area contributed by atoms with E-state index in [0.29, 0.717) is 0 Å². The zero-order valence-corrected chi connectivity index (χ0v) is 34.9. The van der Waals surface area contributed by atoms with Gasteiger partial charge in [-0.05, 0) is 27.2 Å². The number of esters is 1. The molecule has 0 aliphatic carbocycles. The first-order chi connectivity index (χ1) is 27.3. The summed E-state index contributed by atoms with van der Waals surface area (Å²) in [4.78, 5) is 52.1. The van der Waals surface area contributed by atoms with Crippen LogP contribution in [-0.4, -0.2) is 130 Å². The lowest BCUT2D eigenvalue weighted by molar-refractivity contribution is -0.158. The molecule has 0 radical (unpaired) electrons. The molecule has 4 aromatic rings. The molecule has 0 spiro atoms. The van der Waals surface area contributed by atoms with Gasteiger partial charge in [0.1, 0.15) is 59.8 Å². The monoisotopic (exact) mass is 889 g/mol. The van der Waals surface area contributed by atoms with Crippen LogP contribution in [0.3, 0.4) is 0 Å². The Balaban J connectivity index is 1.16. The Morgan fingerprint density at radius 1 is 0.879 bits per heavy atom. The lowest BCUT2D eigenvalue weighted by Gasteiger charge is -2.28. The van der Waals surface area contributed by atoms with Crippen molar-refractivity contribution in [2.45, 2.75) is 88.3 Å². The summed E-state index contributed by atoms with van der Waals surface area (Å²) in [6, 6.07) is 0. The SMILES string of the molecule is CN(CCCC(=O)O[C@@H]1[C@@H]2O[P@](=O)(S)OC[C@H]3O[C@@H](n4cnc5c(N)ncnc54)[C@H](O[P@](=O)(S)OC[C@H]2O[C@H]1n1cnc2c(N)ncnc21)[C@@H]3O)C(=O)OC(C)(C)C. The zero-order valence-electron chi connectivity index (χ0n) is 31.3. The van der Waals surface area contributed by atoms with Gasteiger partial charge in [-0.2, -0.15) is 0 Å². The van der Waals surface area contributed by atoms with Crippen LogP contribution in [-0.2, 0) is 51.0 Å². The van der Waals surface area contributed by atoms with Gasteiger partial charge >= 0.3 is 25.7 Å². The first-order valence-electron chi connectivity index (χ1n) is 17.6. The van der Waals surface area contributed by atoms with Gasteiger partial charge < -0.3 is 40.4 Å². The van der Waals surface area contributed by atoms with Gasteiger partial charge in [-0.3, -0.25) is 32.0 Å². The standard InChI is InChI=1S/C30H41N11O13P2S2/c1-30(2,3)52-29(44)39(4)7-5-6-16(42)51-22-20-15(50-28(22)41-13-38-18-24(32)34-11-36-26(18)41)9-48-56(46,58)54-21-19(43)14(8-47-55(45,57)53-20)49-27(21)40-12-37-17-23(31)33-10-35-25(17)40/h10-15,19-22,27-28,43H,5-9H2,1-4H3,(H,45,57)(H,46,58)(H2,31,33,35)(H2,32,34,36)/t14-,15-,19-,20-,21-,22-,27-,28-,55-,56-/m1/s1. The van der Waals surface area contributed by atoms with Crippen molar-refractivity contribution in [3.63, 3.8) is 0 Å². The summed E-state index contributed by atoms with van der Waals surface area (Å²) < 4.78 is 77.6. The third-order valence-electron chi connectivity index (χ3n) is 9.08. The number of carbonyl (C=O) groups is 2. The zero-order chi connectivity index (χ0) is 41.7. The highest BCUT2D eigenvalue weighted by atomic mass is 32.7. The fraction of sp³-hybridized carbons (Fsp3) is 0.600. The first kappa shape index (κ1) is 42.4.